The molecule has 0 saturated heterocycles. The molecule has 2 rings (SSSR count). The lowest BCUT2D eigenvalue weighted by molar-refractivity contribution is -0.149. The van der Waals surface area contributed by atoms with Crippen molar-refractivity contribution in [2.24, 2.45) is 0 Å². The van der Waals surface area contributed by atoms with Crippen LogP contribution in [-0.2, 0) is 20.9 Å². The summed E-state index contributed by atoms with van der Waals surface area (Å²) in [7, 11) is 3.04. The van der Waals surface area contributed by atoms with Gasteiger partial charge in [-0.1, -0.05) is 30.3 Å². The van der Waals surface area contributed by atoms with Crippen molar-refractivity contribution < 1.29 is 28.6 Å². The second-order valence-corrected chi connectivity index (χ2v) is 6.22. The summed E-state index contributed by atoms with van der Waals surface area (Å²) in [5, 5.41) is 4.69. The molecule has 0 aromatic heterocycles. The third-order valence-electron chi connectivity index (χ3n) is 3.98. The van der Waals surface area contributed by atoms with Gasteiger partial charge in [0.05, 0.1) is 14.2 Å². The molecular weight excluding hydrogens is 388 g/mol. The van der Waals surface area contributed by atoms with E-state index in [9.17, 15) is 14.4 Å². The first-order valence-electron chi connectivity index (χ1n) is 9.15. The van der Waals surface area contributed by atoms with Crippen molar-refractivity contribution in [1.29, 1.82) is 0 Å². The van der Waals surface area contributed by atoms with E-state index in [1.807, 2.05) is 30.3 Å². The van der Waals surface area contributed by atoms with Gasteiger partial charge in [-0.25, -0.2) is 9.59 Å². The maximum Gasteiger partial charge on any atom is 0.331 e. The first-order valence-corrected chi connectivity index (χ1v) is 9.15. The molecule has 158 valence electrons. The number of methoxy groups -OCH3 is 2. The Balaban J connectivity index is 1.83. The Labute approximate surface area is 174 Å². The van der Waals surface area contributed by atoms with Crippen LogP contribution in [0.25, 0.3) is 6.08 Å². The van der Waals surface area contributed by atoms with Crippen LogP contribution in [0.15, 0.2) is 54.6 Å². The van der Waals surface area contributed by atoms with Gasteiger partial charge in [-0.05, 0) is 36.3 Å². The van der Waals surface area contributed by atoms with Crippen molar-refractivity contribution in [3.63, 3.8) is 0 Å². The molecular formula is C22H24N2O6. The van der Waals surface area contributed by atoms with Gasteiger partial charge in [0, 0.05) is 18.7 Å². The predicted molar refractivity (Wildman–Crippen MR) is 111 cm³/mol. The molecule has 0 heterocycles. The predicted octanol–water partition coefficient (Wildman–Crippen LogP) is 2.67. The van der Waals surface area contributed by atoms with Crippen LogP contribution < -0.4 is 20.1 Å². The number of nitrogens with one attached hydrogen (secondary N) is 2. The van der Waals surface area contributed by atoms with E-state index >= 15 is 0 Å². The fourth-order valence-electron chi connectivity index (χ4n) is 2.39. The van der Waals surface area contributed by atoms with Crippen molar-refractivity contribution in [2.75, 3.05) is 14.2 Å². The third-order valence-corrected chi connectivity index (χ3v) is 3.98. The third kappa shape index (κ3) is 7.31. The molecule has 0 saturated carbocycles. The minimum atomic E-state index is -1.15. The summed E-state index contributed by atoms with van der Waals surface area (Å²) in [5.41, 5.74) is 1.54. The van der Waals surface area contributed by atoms with E-state index in [1.165, 1.54) is 33.3 Å². The summed E-state index contributed by atoms with van der Waals surface area (Å²) < 4.78 is 15.4. The SMILES string of the molecule is COc1cc(/C=C/C(=O)O[C@H](C)C(=O)NC(=O)NCc2ccccc2)cc(OC)c1. The molecule has 0 aliphatic rings. The fraction of sp³-hybridized carbons (Fsp3) is 0.227. The van der Waals surface area contributed by atoms with E-state index < -0.39 is 24.0 Å². The van der Waals surface area contributed by atoms with Crippen LogP contribution in [0.3, 0.4) is 0 Å². The van der Waals surface area contributed by atoms with Crippen molar-refractivity contribution in [1.82, 2.24) is 10.6 Å². The van der Waals surface area contributed by atoms with Gasteiger partial charge >= 0.3 is 12.0 Å². The van der Waals surface area contributed by atoms with Gasteiger partial charge in [0.15, 0.2) is 6.10 Å². The van der Waals surface area contributed by atoms with E-state index in [1.54, 1.807) is 18.2 Å². The molecule has 0 aliphatic carbocycles. The molecule has 8 heteroatoms. The highest BCUT2D eigenvalue weighted by atomic mass is 16.5. The standard InChI is InChI=1S/C22H24N2O6/c1-15(21(26)24-22(27)23-14-16-7-5-4-6-8-16)30-20(25)10-9-17-11-18(28-2)13-19(12-17)29-3/h4-13,15H,14H2,1-3H3,(H2,23,24,26,27)/b10-9+/t15-/m1/s1. The summed E-state index contributed by atoms with van der Waals surface area (Å²) in [6.45, 7) is 1.64. The van der Waals surface area contributed by atoms with Gasteiger partial charge < -0.3 is 19.5 Å². The van der Waals surface area contributed by atoms with E-state index in [2.05, 4.69) is 10.6 Å². The number of hydrogen-bond acceptors (Lipinski definition) is 6. The molecule has 2 aromatic carbocycles. The molecule has 2 aromatic rings. The second kappa shape index (κ2) is 11.3. The number of carbonyl (C=O) groups is 3. The van der Waals surface area contributed by atoms with Crippen LogP contribution in [0, 0.1) is 0 Å². The Kier molecular flexibility index (Phi) is 8.43. The summed E-state index contributed by atoms with van der Waals surface area (Å²) >= 11 is 0. The minimum Gasteiger partial charge on any atom is -0.497 e. The molecule has 30 heavy (non-hydrogen) atoms. The molecule has 0 aliphatic heterocycles. The van der Waals surface area contributed by atoms with Crippen LogP contribution >= 0.6 is 0 Å². The summed E-state index contributed by atoms with van der Waals surface area (Å²) in [6.07, 6.45) is 1.53. The average molecular weight is 412 g/mol. The molecule has 0 spiro atoms. The Bertz CT molecular complexity index is 889. The molecule has 0 fully saturated rings. The van der Waals surface area contributed by atoms with E-state index in [0.29, 0.717) is 17.1 Å². The summed E-state index contributed by atoms with van der Waals surface area (Å²) in [4.78, 5) is 35.8. The van der Waals surface area contributed by atoms with Crippen LogP contribution in [0.5, 0.6) is 11.5 Å². The zero-order valence-electron chi connectivity index (χ0n) is 17.0. The monoisotopic (exact) mass is 412 g/mol. The minimum absolute atomic E-state index is 0.265. The highest BCUT2D eigenvalue weighted by Crippen LogP contribution is 2.23. The molecule has 3 amide bonds. The van der Waals surface area contributed by atoms with E-state index in [4.69, 9.17) is 14.2 Å². The Morgan fingerprint density at radius 3 is 2.23 bits per heavy atom. The van der Waals surface area contributed by atoms with Gasteiger partial charge in [-0.2, -0.15) is 0 Å². The maximum absolute atomic E-state index is 12.0. The number of benzene rings is 2. The Morgan fingerprint density at radius 2 is 1.63 bits per heavy atom. The zero-order chi connectivity index (χ0) is 21.9. The maximum atomic E-state index is 12.0. The van der Waals surface area contributed by atoms with E-state index in [0.717, 1.165) is 5.56 Å². The smallest absolute Gasteiger partial charge is 0.331 e. The Hall–Kier alpha value is -3.81. The molecule has 1 atom stereocenters. The Morgan fingerprint density at radius 1 is 1.00 bits per heavy atom. The lowest BCUT2D eigenvalue weighted by Gasteiger charge is -2.12. The lowest BCUT2D eigenvalue weighted by Crippen LogP contribution is -2.44. The first-order chi connectivity index (χ1) is 14.4. The summed E-state index contributed by atoms with van der Waals surface area (Å²) in [5.74, 6) is -0.331. The summed E-state index contributed by atoms with van der Waals surface area (Å²) in [6, 6.07) is 13.7. The zero-order valence-corrected chi connectivity index (χ0v) is 17.0. The average Bonchev–Trinajstić information content (AvgIpc) is 2.76. The molecule has 8 nitrogen and oxygen atoms in total. The number of rotatable bonds is 8. The fourth-order valence-corrected chi connectivity index (χ4v) is 2.39. The van der Waals surface area contributed by atoms with Crippen molar-refractivity contribution >= 4 is 24.0 Å². The molecule has 0 bridgehead atoms. The van der Waals surface area contributed by atoms with Gasteiger partial charge in [-0.3, -0.25) is 10.1 Å². The number of hydrogen-bond donors (Lipinski definition) is 2. The second-order valence-electron chi connectivity index (χ2n) is 6.22. The van der Waals surface area contributed by atoms with Crippen LogP contribution in [-0.4, -0.2) is 38.2 Å². The van der Waals surface area contributed by atoms with E-state index in [-0.39, 0.29) is 6.54 Å². The number of esters is 1. The van der Waals surface area contributed by atoms with Gasteiger partial charge in [0.2, 0.25) is 0 Å². The quantitative estimate of drug-likeness (QED) is 0.510. The first kappa shape index (κ1) is 22.5. The molecule has 0 unspecified atom stereocenters. The van der Waals surface area contributed by atoms with Crippen LogP contribution in [0.2, 0.25) is 0 Å². The van der Waals surface area contributed by atoms with Crippen LogP contribution in [0.4, 0.5) is 4.79 Å². The normalized spacial score (nSPS) is 11.4. The lowest BCUT2D eigenvalue weighted by atomic mass is 10.2. The topological polar surface area (TPSA) is 103 Å². The van der Waals surface area contributed by atoms with Gasteiger partial charge in [-0.15, -0.1) is 0 Å². The van der Waals surface area contributed by atoms with Gasteiger partial charge in [0.25, 0.3) is 5.91 Å². The number of ether oxygens (including phenoxy) is 3. The molecule has 2 N–H and O–H groups in total. The molecule has 0 radical (unpaired) electrons. The number of amides is 3. The highest BCUT2D eigenvalue weighted by molar-refractivity contribution is 5.98. The number of carbonyl (C=O) groups excluding carboxylic acids is 3. The van der Waals surface area contributed by atoms with Crippen molar-refractivity contribution in [3.05, 3.63) is 65.7 Å². The number of urea groups is 1. The number of imide groups is 1. The van der Waals surface area contributed by atoms with Crippen LogP contribution in [0.1, 0.15) is 18.1 Å². The van der Waals surface area contributed by atoms with Crippen molar-refractivity contribution in [2.45, 2.75) is 19.6 Å². The largest absolute Gasteiger partial charge is 0.497 e. The highest BCUT2D eigenvalue weighted by Gasteiger charge is 2.18. The van der Waals surface area contributed by atoms with Gasteiger partial charge in [0.1, 0.15) is 11.5 Å². The van der Waals surface area contributed by atoms with Crippen molar-refractivity contribution in [3.8, 4) is 11.5 Å².